The fourth-order valence-electron chi connectivity index (χ4n) is 2.79. The molecule has 0 radical (unpaired) electrons. The van der Waals surface area contributed by atoms with Crippen LogP contribution in [0, 0.1) is 11.3 Å². The summed E-state index contributed by atoms with van der Waals surface area (Å²) in [5, 5.41) is 11.1. The molecule has 0 amide bonds. The minimum Gasteiger partial charge on any atom is -0.488 e. The van der Waals surface area contributed by atoms with Crippen LogP contribution in [0.5, 0.6) is 5.75 Å². The van der Waals surface area contributed by atoms with Crippen LogP contribution in [0.3, 0.4) is 0 Å². The van der Waals surface area contributed by atoms with Crippen LogP contribution < -0.4 is 4.74 Å². The second-order valence-electron chi connectivity index (χ2n) is 6.07. The molecule has 0 spiro atoms. The number of allylic oxidation sites excluding steroid dienone is 1. The van der Waals surface area contributed by atoms with Crippen LogP contribution in [0.25, 0.3) is 21.9 Å². The summed E-state index contributed by atoms with van der Waals surface area (Å²) in [7, 11) is 0. The molecule has 1 aromatic heterocycles. The quantitative estimate of drug-likeness (QED) is 0.353. The average molecular weight is 403 g/mol. The van der Waals surface area contributed by atoms with Crippen molar-refractivity contribution in [2.75, 3.05) is 0 Å². The molecule has 136 valence electrons. The number of ether oxygens (including phenoxy) is 1. The summed E-state index contributed by atoms with van der Waals surface area (Å²) in [4.78, 5) is 4.58. The molecule has 0 saturated heterocycles. The Hall–Kier alpha value is -3.13. The van der Waals surface area contributed by atoms with Crippen LogP contribution in [0.1, 0.15) is 16.1 Å². The largest absolute Gasteiger partial charge is 0.488 e. The first-order valence-electron chi connectivity index (χ1n) is 8.67. The number of aromatic nitrogens is 1. The monoisotopic (exact) mass is 402 g/mol. The third kappa shape index (κ3) is 3.91. The molecule has 1 heterocycles. The number of nitriles is 1. The van der Waals surface area contributed by atoms with Gasteiger partial charge in [0.25, 0.3) is 0 Å². The van der Waals surface area contributed by atoms with E-state index in [1.165, 1.54) is 11.3 Å². The Morgan fingerprint density at radius 3 is 2.61 bits per heavy atom. The van der Waals surface area contributed by atoms with Gasteiger partial charge in [0.15, 0.2) is 0 Å². The van der Waals surface area contributed by atoms with Crippen molar-refractivity contribution in [2.45, 2.75) is 6.61 Å². The lowest BCUT2D eigenvalue weighted by atomic mass is 10.1. The van der Waals surface area contributed by atoms with E-state index >= 15 is 0 Å². The molecule has 0 aliphatic rings. The van der Waals surface area contributed by atoms with Crippen molar-refractivity contribution >= 4 is 44.8 Å². The molecule has 0 N–H and O–H groups in total. The van der Waals surface area contributed by atoms with Gasteiger partial charge in [-0.2, -0.15) is 5.26 Å². The third-order valence-corrected chi connectivity index (χ3v) is 5.64. The van der Waals surface area contributed by atoms with Gasteiger partial charge in [0.2, 0.25) is 0 Å². The molecule has 3 aromatic carbocycles. The van der Waals surface area contributed by atoms with Gasteiger partial charge in [-0.15, -0.1) is 11.3 Å². The van der Waals surface area contributed by atoms with E-state index < -0.39 is 0 Å². The maximum atomic E-state index is 9.69. The fraction of sp³-hybridized carbons (Fsp3) is 0.0435. The normalized spacial score (nSPS) is 11.4. The lowest BCUT2D eigenvalue weighted by Gasteiger charge is -2.10. The first-order valence-corrected chi connectivity index (χ1v) is 9.87. The highest BCUT2D eigenvalue weighted by atomic mass is 35.5. The summed E-state index contributed by atoms with van der Waals surface area (Å²) in [5.74, 6) is 0.691. The second kappa shape index (κ2) is 8.26. The van der Waals surface area contributed by atoms with Crippen LogP contribution in [0.15, 0.2) is 72.8 Å². The van der Waals surface area contributed by atoms with Gasteiger partial charge in [0.05, 0.1) is 15.8 Å². The molecule has 0 aliphatic carbocycles. The number of rotatable bonds is 5. The molecule has 5 heteroatoms. The first-order chi connectivity index (χ1) is 13.7. The van der Waals surface area contributed by atoms with E-state index in [1.54, 1.807) is 0 Å². The maximum absolute atomic E-state index is 9.69. The Morgan fingerprint density at radius 2 is 1.79 bits per heavy atom. The van der Waals surface area contributed by atoms with Gasteiger partial charge in [-0.1, -0.05) is 60.1 Å². The summed E-state index contributed by atoms with van der Waals surface area (Å²) in [6, 6.07) is 25.4. The van der Waals surface area contributed by atoms with Gasteiger partial charge >= 0.3 is 0 Å². The van der Waals surface area contributed by atoms with E-state index in [4.69, 9.17) is 16.3 Å². The molecular formula is C23H15ClN2OS. The number of thiazole rings is 1. The van der Waals surface area contributed by atoms with Crippen molar-refractivity contribution in [3.8, 4) is 11.8 Å². The smallest absolute Gasteiger partial charge is 0.135 e. The molecule has 4 rings (SSSR count). The Morgan fingerprint density at radius 1 is 1.04 bits per heavy atom. The zero-order valence-electron chi connectivity index (χ0n) is 14.8. The van der Waals surface area contributed by atoms with E-state index in [9.17, 15) is 5.26 Å². The number of halogens is 1. The Balaban J connectivity index is 1.65. The standard InChI is InChI=1S/C23H15ClN2OS/c24-19-9-3-1-8-17(19)15-27-21-11-5-2-7-16(21)13-18(14-25)23-26-20-10-4-6-12-22(20)28-23/h1-13H,15H2/b18-13+. The highest BCUT2D eigenvalue weighted by Gasteiger charge is 2.10. The van der Waals surface area contributed by atoms with Crippen LogP contribution in [-0.4, -0.2) is 4.98 Å². The highest BCUT2D eigenvalue weighted by Crippen LogP contribution is 2.30. The summed E-state index contributed by atoms with van der Waals surface area (Å²) >= 11 is 7.72. The zero-order valence-corrected chi connectivity index (χ0v) is 16.4. The predicted octanol–water partition coefficient (Wildman–Crippen LogP) is 6.59. The summed E-state index contributed by atoms with van der Waals surface area (Å²) in [6.45, 7) is 0.355. The minimum atomic E-state index is 0.355. The number of hydrogen-bond donors (Lipinski definition) is 0. The Labute approximate surface area is 172 Å². The Bertz CT molecular complexity index is 1170. The number of para-hydroxylation sites is 2. The molecule has 0 aliphatic heterocycles. The van der Waals surface area contributed by atoms with Crippen molar-refractivity contribution in [1.29, 1.82) is 5.26 Å². The summed E-state index contributed by atoms with van der Waals surface area (Å²) in [6.07, 6.45) is 1.82. The molecule has 4 aromatic rings. The molecule has 0 unspecified atom stereocenters. The fourth-order valence-corrected chi connectivity index (χ4v) is 3.91. The zero-order chi connectivity index (χ0) is 19.3. The van der Waals surface area contributed by atoms with E-state index in [0.717, 1.165) is 21.3 Å². The molecule has 0 bridgehead atoms. The Kier molecular flexibility index (Phi) is 5.38. The highest BCUT2D eigenvalue weighted by molar-refractivity contribution is 7.19. The van der Waals surface area contributed by atoms with Crippen molar-refractivity contribution in [3.63, 3.8) is 0 Å². The van der Waals surface area contributed by atoms with Crippen LogP contribution in [0.2, 0.25) is 5.02 Å². The minimum absolute atomic E-state index is 0.355. The van der Waals surface area contributed by atoms with Gasteiger partial charge in [-0.3, -0.25) is 0 Å². The van der Waals surface area contributed by atoms with E-state index in [0.29, 0.717) is 28.0 Å². The second-order valence-corrected chi connectivity index (χ2v) is 7.51. The van der Waals surface area contributed by atoms with Crippen molar-refractivity contribution < 1.29 is 4.74 Å². The van der Waals surface area contributed by atoms with Crippen molar-refractivity contribution in [1.82, 2.24) is 4.98 Å². The number of nitrogens with zero attached hydrogens (tertiary/aromatic N) is 2. The maximum Gasteiger partial charge on any atom is 0.135 e. The molecule has 0 saturated carbocycles. The van der Waals surface area contributed by atoms with Gasteiger partial charge in [0, 0.05) is 16.1 Å². The molecular weight excluding hydrogens is 388 g/mol. The molecule has 28 heavy (non-hydrogen) atoms. The molecule has 0 atom stereocenters. The van der Waals surface area contributed by atoms with Gasteiger partial charge in [-0.25, -0.2) is 4.98 Å². The predicted molar refractivity (Wildman–Crippen MR) is 115 cm³/mol. The number of benzene rings is 3. The lowest BCUT2D eigenvalue weighted by molar-refractivity contribution is 0.305. The van der Waals surface area contributed by atoms with Gasteiger partial charge < -0.3 is 4.74 Å². The number of hydrogen-bond acceptors (Lipinski definition) is 4. The number of fused-ring (bicyclic) bond motifs is 1. The van der Waals surface area contributed by atoms with Crippen LogP contribution >= 0.6 is 22.9 Å². The van der Waals surface area contributed by atoms with Crippen molar-refractivity contribution in [2.24, 2.45) is 0 Å². The van der Waals surface area contributed by atoms with E-state index in [1.807, 2.05) is 78.9 Å². The molecule has 0 fully saturated rings. The van der Waals surface area contributed by atoms with Gasteiger partial charge in [0.1, 0.15) is 23.4 Å². The SMILES string of the molecule is N#C/C(=C\c1ccccc1OCc1ccccc1Cl)c1nc2ccccc2s1. The molecule has 3 nitrogen and oxygen atoms in total. The third-order valence-electron chi connectivity index (χ3n) is 4.20. The van der Waals surface area contributed by atoms with E-state index in [-0.39, 0.29) is 0 Å². The van der Waals surface area contributed by atoms with Crippen LogP contribution in [0.4, 0.5) is 0 Å². The van der Waals surface area contributed by atoms with Crippen LogP contribution in [-0.2, 0) is 6.61 Å². The topological polar surface area (TPSA) is 45.9 Å². The lowest BCUT2D eigenvalue weighted by Crippen LogP contribution is -1.97. The van der Waals surface area contributed by atoms with Gasteiger partial charge in [-0.05, 0) is 30.3 Å². The summed E-state index contributed by atoms with van der Waals surface area (Å²) in [5.41, 5.74) is 3.14. The van der Waals surface area contributed by atoms with E-state index in [2.05, 4.69) is 11.1 Å². The summed E-state index contributed by atoms with van der Waals surface area (Å²) < 4.78 is 7.05. The average Bonchev–Trinajstić information content (AvgIpc) is 3.16. The first kappa shape index (κ1) is 18.2. The van der Waals surface area contributed by atoms with Crippen molar-refractivity contribution in [3.05, 3.63) is 94.0 Å².